The Hall–Kier alpha value is -0.820. The average Bonchev–Trinajstić information content (AvgIpc) is 3.22. The van der Waals surface area contributed by atoms with Gasteiger partial charge in [-0.1, -0.05) is 30.1 Å². The van der Waals surface area contributed by atoms with Crippen molar-refractivity contribution in [3.8, 4) is 0 Å². The molecule has 1 aromatic rings. The van der Waals surface area contributed by atoms with E-state index in [0.717, 1.165) is 17.1 Å². The maximum absolute atomic E-state index is 12.6. The fraction of sp³-hybridized carbons (Fsp3) is 0.462. The molecule has 0 atom stereocenters. The second kappa shape index (κ2) is 6.52. The maximum atomic E-state index is 12.6. The predicted octanol–water partition coefficient (Wildman–Crippen LogP) is 2.28. The largest absolute Gasteiger partial charge is 0.352 e. The molecule has 0 unspecified atom stereocenters. The van der Waals surface area contributed by atoms with E-state index in [-0.39, 0.29) is 40.0 Å². The van der Waals surface area contributed by atoms with Gasteiger partial charge in [0.05, 0.1) is 11.6 Å². The van der Waals surface area contributed by atoms with Crippen molar-refractivity contribution in [2.45, 2.75) is 30.7 Å². The minimum absolute atomic E-state index is 0.0838. The molecular formula is C13H16Cl2N2O3S. The molecule has 8 heteroatoms. The maximum Gasteiger partial charge on any atom is 0.245 e. The molecule has 5 nitrogen and oxygen atoms in total. The minimum atomic E-state index is -3.86. The van der Waals surface area contributed by atoms with Gasteiger partial charge in [-0.25, -0.2) is 8.42 Å². The fourth-order valence-electron chi connectivity index (χ4n) is 1.84. The number of hydrogen-bond acceptors (Lipinski definition) is 3. The van der Waals surface area contributed by atoms with Crippen LogP contribution in [0.1, 0.15) is 19.8 Å². The first-order valence-electron chi connectivity index (χ1n) is 6.59. The topological polar surface area (TPSA) is 66.5 Å². The van der Waals surface area contributed by atoms with E-state index in [2.05, 4.69) is 5.32 Å². The van der Waals surface area contributed by atoms with Gasteiger partial charge in [0.15, 0.2) is 0 Å². The summed E-state index contributed by atoms with van der Waals surface area (Å²) in [5.74, 6) is -0.305. The van der Waals surface area contributed by atoms with Gasteiger partial charge in [0.2, 0.25) is 15.9 Å². The third-order valence-corrected chi connectivity index (χ3v) is 5.76. The Labute approximate surface area is 134 Å². The summed E-state index contributed by atoms with van der Waals surface area (Å²) in [6, 6.07) is 4.42. The van der Waals surface area contributed by atoms with Gasteiger partial charge in [-0.15, -0.1) is 0 Å². The summed E-state index contributed by atoms with van der Waals surface area (Å²) in [6.07, 6.45) is 1.90. The van der Waals surface area contributed by atoms with Gasteiger partial charge in [0.1, 0.15) is 4.90 Å². The first kappa shape index (κ1) is 16.5. The molecule has 0 saturated heterocycles. The van der Waals surface area contributed by atoms with E-state index in [1.54, 1.807) is 6.92 Å². The summed E-state index contributed by atoms with van der Waals surface area (Å²) in [4.78, 5) is 11.7. The lowest BCUT2D eigenvalue weighted by Crippen LogP contribution is -2.41. The number of amides is 1. The molecule has 21 heavy (non-hydrogen) atoms. The van der Waals surface area contributed by atoms with Crippen molar-refractivity contribution in [1.29, 1.82) is 0 Å². The molecule has 0 aliphatic heterocycles. The van der Waals surface area contributed by atoms with Crippen molar-refractivity contribution in [2.24, 2.45) is 0 Å². The zero-order valence-corrected chi connectivity index (χ0v) is 13.8. The molecule has 0 aromatic heterocycles. The van der Waals surface area contributed by atoms with E-state index in [1.165, 1.54) is 18.2 Å². The van der Waals surface area contributed by atoms with Crippen molar-refractivity contribution in [3.63, 3.8) is 0 Å². The second-order valence-corrected chi connectivity index (χ2v) is 7.60. The number of hydrogen-bond donors (Lipinski definition) is 1. The summed E-state index contributed by atoms with van der Waals surface area (Å²) in [6.45, 7) is 1.61. The van der Waals surface area contributed by atoms with Crippen LogP contribution in [0.5, 0.6) is 0 Å². The average molecular weight is 351 g/mol. The van der Waals surface area contributed by atoms with Crippen LogP contribution >= 0.6 is 23.2 Å². The highest BCUT2D eigenvalue weighted by atomic mass is 35.5. The molecule has 1 amide bonds. The van der Waals surface area contributed by atoms with Crippen LogP contribution in [0.4, 0.5) is 0 Å². The van der Waals surface area contributed by atoms with Crippen molar-refractivity contribution in [1.82, 2.24) is 9.62 Å². The lowest BCUT2D eigenvalue weighted by atomic mass is 10.4. The Bertz CT molecular complexity index is 645. The van der Waals surface area contributed by atoms with Gasteiger partial charge in [0.25, 0.3) is 0 Å². The zero-order chi connectivity index (χ0) is 15.6. The smallest absolute Gasteiger partial charge is 0.245 e. The summed E-state index contributed by atoms with van der Waals surface area (Å²) < 4.78 is 26.2. The van der Waals surface area contributed by atoms with E-state index in [0.29, 0.717) is 0 Å². The third-order valence-electron chi connectivity index (χ3n) is 3.13. The van der Waals surface area contributed by atoms with Crippen LogP contribution in [-0.4, -0.2) is 37.8 Å². The molecule has 0 heterocycles. The lowest BCUT2D eigenvalue weighted by Gasteiger charge is -2.20. The summed E-state index contributed by atoms with van der Waals surface area (Å²) in [7, 11) is -3.86. The Morgan fingerprint density at radius 3 is 2.62 bits per heavy atom. The van der Waals surface area contributed by atoms with Gasteiger partial charge in [0, 0.05) is 17.6 Å². The van der Waals surface area contributed by atoms with E-state index < -0.39 is 10.0 Å². The number of nitrogens with zero attached hydrogens (tertiary/aromatic N) is 1. The van der Waals surface area contributed by atoms with E-state index in [9.17, 15) is 13.2 Å². The van der Waals surface area contributed by atoms with Crippen LogP contribution in [0.3, 0.4) is 0 Å². The molecule has 0 bridgehead atoms. The van der Waals surface area contributed by atoms with Crippen LogP contribution in [0, 0.1) is 0 Å². The molecule has 1 aliphatic carbocycles. The van der Waals surface area contributed by atoms with Crippen LogP contribution in [0.15, 0.2) is 23.1 Å². The number of rotatable bonds is 6. The summed E-state index contributed by atoms with van der Waals surface area (Å²) in [5, 5.41) is 3.12. The van der Waals surface area contributed by atoms with Crippen LogP contribution in [-0.2, 0) is 14.8 Å². The molecule has 0 spiro atoms. The van der Waals surface area contributed by atoms with Crippen molar-refractivity contribution in [3.05, 3.63) is 28.2 Å². The minimum Gasteiger partial charge on any atom is -0.352 e. The summed E-state index contributed by atoms with van der Waals surface area (Å²) in [5.41, 5.74) is 0. The van der Waals surface area contributed by atoms with Gasteiger partial charge < -0.3 is 5.32 Å². The van der Waals surface area contributed by atoms with Crippen LogP contribution in [0.25, 0.3) is 0 Å². The number of nitrogens with one attached hydrogen (secondary N) is 1. The van der Waals surface area contributed by atoms with E-state index in [1.807, 2.05) is 0 Å². The standard InChI is InChI=1S/C13H16Cl2N2O3S/c1-2-17(8-13(18)16-10-4-5-10)21(19,20)12-7-9(14)3-6-11(12)15/h3,6-7,10H,2,4-5,8H2,1H3,(H,16,18). The Kier molecular flexibility index (Phi) is 5.14. The SMILES string of the molecule is CCN(CC(=O)NC1CC1)S(=O)(=O)c1cc(Cl)ccc1Cl. The molecule has 2 rings (SSSR count). The quantitative estimate of drug-likeness (QED) is 0.855. The molecule has 0 radical (unpaired) electrons. The van der Waals surface area contributed by atoms with Gasteiger partial charge in [-0.05, 0) is 31.0 Å². The monoisotopic (exact) mass is 350 g/mol. The fourth-order valence-corrected chi connectivity index (χ4v) is 3.98. The molecule has 1 aliphatic rings. The summed E-state index contributed by atoms with van der Waals surface area (Å²) >= 11 is 11.8. The number of halogens is 2. The van der Waals surface area contributed by atoms with Crippen LogP contribution < -0.4 is 5.32 Å². The molecule has 1 fully saturated rings. The highest BCUT2D eigenvalue weighted by Crippen LogP contribution is 2.27. The van der Waals surface area contributed by atoms with E-state index in [4.69, 9.17) is 23.2 Å². The number of benzene rings is 1. The molecule has 116 valence electrons. The number of carbonyl (C=O) groups is 1. The van der Waals surface area contributed by atoms with Gasteiger partial charge >= 0.3 is 0 Å². The van der Waals surface area contributed by atoms with Crippen molar-refractivity contribution < 1.29 is 13.2 Å². The van der Waals surface area contributed by atoms with Crippen molar-refractivity contribution >= 4 is 39.1 Å². The van der Waals surface area contributed by atoms with Crippen molar-refractivity contribution in [2.75, 3.05) is 13.1 Å². The van der Waals surface area contributed by atoms with Crippen LogP contribution in [0.2, 0.25) is 10.0 Å². The molecule has 1 N–H and O–H groups in total. The Morgan fingerprint density at radius 2 is 2.05 bits per heavy atom. The number of carbonyl (C=O) groups excluding carboxylic acids is 1. The number of likely N-dealkylation sites (N-methyl/N-ethyl adjacent to an activating group) is 1. The molecular weight excluding hydrogens is 335 g/mol. The normalized spacial score (nSPS) is 15.2. The first-order valence-corrected chi connectivity index (χ1v) is 8.78. The lowest BCUT2D eigenvalue weighted by molar-refractivity contribution is -0.121. The second-order valence-electron chi connectivity index (χ2n) is 4.85. The Balaban J connectivity index is 2.21. The Morgan fingerprint density at radius 1 is 1.38 bits per heavy atom. The van der Waals surface area contributed by atoms with Gasteiger partial charge in [-0.3, -0.25) is 4.79 Å². The third kappa shape index (κ3) is 4.10. The zero-order valence-electron chi connectivity index (χ0n) is 11.5. The molecule has 1 saturated carbocycles. The highest BCUT2D eigenvalue weighted by Gasteiger charge is 2.30. The number of sulfonamides is 1. The molecule has 1 aromatic carbocycles. The van der Waals surface area contributed by atoms with Gasteiger partial charge in [-0.2, -0.15) is 4.31 Å². The first-order chi connectivity index (χ1) is 9.84. The van der Waals surface area contributed by atoms with E-state index >= 15 is 0 Å². The predicted molar refractivity (Wildman–Crippen MR) is 82.1 cm³/mol. The highest BCUT2D eigenvalue weighted by molar-refractivity contribution is 7.89.